The maximum atomic E-state index is 11.9. The summed E-state index contributed by atoms with van der Waals surface area (Å²) in [6, 6.07) is 3.30. The monoisotopic (exact) mass is 353 g/mol. The first-order valence-corrected chi connectivity index (χ1v) is 8.53. The highest BCUT2D eigenvalue weighted by Crippen LogP contribution is 2.40. The summed E-state index contributed by atoms with van der Waals surface area (Å²) in [6.07, 6.45) is 3.50. The van der Waals surface area contributed by atoms with E-state index in [2.05, 4.69) is 4.99 Å². The van der Waals surface area contributed by atoms with Gasteiger partial charge in [-0.3, -0.25) is 9.59 Å². The van der Waals surface area contributed by atoms with E-state index in [1.165, 1.54) is 32.9 Å². The number of esters is 1. The van der Waals surface area contributed by atoms with Gasteiger partial charge in [0.2, 0.25) is 10.9 Å². The quantitative estimate of drug-likeness (QED) is 0.468. The number of methoxy groups -OCH3 is 2. The lowest BCUT2D eigenvalue weighted by Gasteiger charge is -2.13. The van der Waals surface area contributed by atoms with Crippen LogP contribution in [0.2, 0.25) is 0 Å². The third kappa shape index (κ3) is 4.08. The molecule has 1 aromatic carbocycles. The van der Waals surface area contributed by atoms with Crippen molar-refractivity contribution in [3.63, 3.8) is 0 Å². The van der Waals surface area contributed by atoms with E-state index in [9.17, 15) is 9.59 Å². The number of nitrogens with zero attached hydrogens (tertiary/aromatic N) is 1. The number of benzene rings is 1. The topological polar surface area (TPSA) is 74.2 Å². The Balaban J connectivity index is 2.47. The molecule has 23 heavy (non-hydrogen) atoms. The SMILES string of the molecule is COc1cc(C=C2N=C(SC)SC2=O)cc(OC)c1OC(C)=O. The minimum atomic E-state index is -0.482. The van der Waals surface area contributed by atoms with Crippen LogP contribution in [0.3, 0.4) is 0 Å². The largest absolute Gasteiger partial charge is 0.493 e. The highest BCUT2D eigenvalue weighted by Gasteiger charge is 2.22. The first kappa shape index (κ1) is 17.4. The fourth-order valence-corrected chi connectivity index (χ4v) is 3.12. The van der Waals surface area contributed by atoms with Gasteiger partial charge in [0.05, 0.1) is 14.2 Å². The van der Waals surface area contributed by atoms with Gasteiger partial charge in [0.15, 0.2) is 11.5 Å². The summed E-state index contributed by atoms with van der Waals surface area (Å²) in [5.41, 5.74) is 1.01. The number of ether oxygens (including phenoxy) is 3. The Morgan fingerprint density at radius 3 is 2.30 bits per heavy atom. The van der Waals surface area contributed by atoms with Gasteiger partial charge in [-0.15, -0.1) is 11.8 Å². The molecule has 8 heteroatoms. The first-order valence-electron chi connectivity index (χ1n) is 6.49. The number of hydrogen-bond donors (Lipinski definition) is 0. The number of carbonyl (C=O) groups is 2. The van der Waals surface area contributed by atoms with Gasteiger partial charge in [0.25, 0.3) is 0 Å². The van der Waals surface area contributed by atoms with Crippen molar-refractivity contribution in [1.29, 1.82) is 0 Å². The Morgan fingerprint density at radius 1 is 1.26 bits per heavy atom. The van der Waals surface area contributed by atoms with Crippen molar-refractivity contribution in [2.24, 2.45) is 4.99 Å². The van der Waals surface area contributed by atoms with Crippen LogP contribution in [0.5, 0.6) is 17.2 Å². The molecule has 0 N–H and O–H groups in total. The van der Waals surface area contributed by atoms with Gasteiger partial charge >= 0.3 is 5.97 Å². The van der Waals surface area contributed by atoms with E-state index in [0.717, 1.165) is 11.8 Å². The van der Waals surface area contributed by atoms with Crippen molar-refractivity contribution in [3.8, 4) is 17.2 Å². The number of rotatable bonds is 4. The van der Waals surface area contributed by atoms with Crippen molar-refractivity contribution >= 4 is 45.1 Å². The summed E-state index contributed by atoms with van der Waals surface area (Å²) < 4.78 is 16.3. The molecule has 122 valence electrons. The summed E-state index contributed by atoms with van der Waals surface area (Å²) in [7, 11) is 2.92. The van der Waals surface area contributed by atoms with Gasteiger partial charge in [-0.1, -0.05) is 0 Å². The summed E-state index contributed by atoms with van der Waals surface area (Å²) in [5, 5.41) is -0.114. The highest BCUT2D eigenvalue weighted by molar-refractivity contribution is 8.45. The Kier molecular flexibility index (Phi) is 5.73. The van der Waals surface area contributed by atoms with E-state index in [-0.39, 0.29) is 10.9 Å². The van der Waals surface area contributed by atoms with Gasteiger partial charge in [0.1, 0.15) is 10.1 Å². The first-order chi connectivity index (χ1) is 11.0. The molecule has 0 fully saturated rings. The zero-order valence-electron chi connectivity index (χ0n) is 13.0. The van der Waals surface area contributed by atoms with Gasteiger partial charge < -0.3 is 14.2 Å². The van der Waals surface area contributed by atoms with Crippen molar-refractivity contribution in [1.82, 2.24) is 0 Å². The Bertz CT molecular complexity index is 687. The molecule has 0 aromatic heterocycles. The van der Waals surface area contributed by atoms with Crippen LogP contribution in [0.15, 0.2) is 22.8 Å². The smallest absolute Gasteiger partial charge is 0.308 e. The third-order valence-electron chi connectivity index (χ3n) is 2.81. The van der Waals surface area contributed by atoms with E-state index in [0.29, 0.717) is 27.1 Å². The second-order valence-corrected chi connectivity index (χ2v) is 6.36. The molecule has 1 aliphatic rings. The van der Waals surface area contributed by atoms with Crippen LogP contribution >= 0.6 is 23.5 Å². The molecule has 2 rings (SSSR count). The Morgan fingerprint density at radius 2 is 1.87 bits per heavy atom. The van der Waals surface area contributed by atoms with Crippen molar-refractivity contribution in [2.45, 2.75) is 6.92 Å². The molecule has 0 radical (unpaired) electrons. The fourth-order valence-electron chi connectivity index (χ4n) is 1.86. The molecule has 0 aliphatic carbocycles. The molecule has 1 aliphatic heterocycles. The molecule has 0 bridgehead atoms. The molecule has 0 atom stereocenters. The molecular weight excluding hydrogens is 338 g/mol. The minimum absolute atomic E-state index is 0.114. The fraction of sp³-hybridized carbons (Fsp3) is 0.267. The number of hydrogen-bond acceptors (Lipinski definition) is 8. The number of carbonyl (C=O) groups excluding carboxylic acids is 2. The zero-order chi connectivity index (χ0) is 17.0. The zero-order valence-corrected chi connectivity index (χ0v) is 14.7. The summed E-state index contributed by atoms with van der Waals surface area (Å²) in [6.45, 7) is 1.29. The maximum absolute atomic E-state index is 11.9. The second kappa shape index (κ2) is 7.56. The van der Waals surface area contributed by atoms with E-state index >= 15 is 0 Å². The second-order valence-electron chi connectivity index (χ2n) is 4.35. The maximum Gasteiger partial charge on any atom is 0.308 e. The lowest BCUT2D eigenvalue weighted by molar-refractivity contribution is -0.132. The van der Waals surface area contributed by atoms with Crippen molar-refractivity contribution in [2.75, 3.05) is 20.5 Å². The van der Waals surface area contributed by atoms with Crippen molar-refractivity contribution in [3.05, 3.63) is 23.4 Å². The van der Waals surface area contributed by atoms with Crippen LogP contribution in [-0.2, 0) is 9.59 Å². The number of thioether (sulfide) groups is 2. The predicted octanol–water partition coefficient (Wildman–Crippen LogP) is 2.96. The molecule has 1 heterocycles. The predicted molar refractivity (Wildman–Crippen MR) is 92.4 cm³/mol. The molecule has 0 spiro atoms. The van der Waals surface area contributed by atoms with E-state index in [1.807, 2.05) is 6.26 Å². The van der Waals surface area contributed by atoms with E-state index < -0.39 is 5.97 Å². The lowest BCUT2D eigenvalue weighted by Crippen LogP contribution is -2.05. The Labute approximate surface area is 142 Å². The van der Waals surface area contributed by atoms with Gasteiger partial charge in [-0.2, -0.15) is 0 Å². The standard InChI is InChI=1S/C15H15NO5S2/c1-8(17)21-13-11(19-2)6-9(7-12(13)20-3)5-10-14(18)23-15(16-10)22-4/h5-7H,1-4H3. The highest BCUT2D eigenvalue weighted by atomic mass is 32.2. The van der Waals surface area contributed by atoms with E-state index in [4.69, 9.17) is 14.2 Å². The molecular formula is C15H15NO5S2. The van der Waals surface area contributed by atoms with Crippen LogP contribution in [0.25, 0.3) is 6.08 Å². The normalized spacial score (nSPS) is 15.6. The number of aliphatic imine (C=N–C) groups is 1. The lowest BCUT2D eigenvalue weighted by atomic mass is 10.1. The molecule has 0 saturated carbocycles. The van der Waals surface area contributed by atoms with Crippen molar-refractivity contribution < 1.29 is 23.8 Å². The minimum Gasteiger partial charge on any atom is -0.493 e. The van der Waals surface area contributed by atoms with Gasteiger partial charge in [0, 0.05) is 6.92 Å². The molecule has 0 unspecified atom stereocenters. The van der Waals surface area contributed by atoms with Crippen LogP contribution in [0.4, 0.5) is 0 Å². The third-order valence-corrected chi connectivity index (χ3v) is 4.66. The molecule has 1 aromatic rings. The van der Waals surface area contributed by atoms with Crippen LogP contribution in [0, 0.1) is 0 Å². The average molecular weight is 353 g/mol. The Hall–Kier alpha value is -1.93. The van der Waals surface area contributed by atoms with Crippen LogP contribution < -0.4 is 14.2 Å². The van der Waals surface area contributed by atoms with Gasteiger partial charge in [-0.25, -0.2) is 4.99 Å². The van der Waals surface area contributed by atoms with Crippen LogP contribution in [-0.4, -0.2) is 35.9 Å². The summed E-state index contributed by atoms with van der Waals surface area (Å²) in [5.74, 6) is 0.381. The van der Waals surface area contributed by atoms with E-state index in [1.54, 1.807) is 18.2 Å². The molecule has 0 saturated heterocycles. The summed E-state index contributed by atoms with van der Waals surface area (Å²) in [4.78, 5) is 27.4. The van der Waals surface area contributed by atoms with Crippen LogP contribution in [0.1, 0.15) is 12.5 Å². The van der Waals surface area contributed by atoms with Gasteiger partial charge in [-0.05, 0) is 41.8 Å². The molecule has 0 amide bonds. The summed E-state index contributed by atoms with van der Waals surface area (Å²) >= 11 is 2.52. The average Bonchev–Trinajstić information content (AvgIpc) is 2.88. The molecule has 6 nitrogen and oxygen atoms in total.